The molecule has 3 aliphatic rings. The number of benzene rings is 1. The van der Waals surface area contributed by atoms with Crippen LogP contribution < -0.4 is 5.73 Å². The molecule has 0 aromatic heterocycles. The monoisotopic (exact) mass is 482 g/mol. The van der Waals surface area contributed by atoms with Crippen molar-refractivity contribution in [1.82, 2.24) is 14.7 Å². The number of amides is 3. The van der Waals surface area contributed by atoms with Crippen molar-refractivity contribution in [2.45, 2.75) is 42.9 Å². The molecular formula is C25H34N6O2S. The molecule has 0 radical (unpaired) electrons. The van der Waals surface area contributed by atoms with Gasteiger partial charge in [0.2, 0.25) is 5.91 Å². The highest BCUT2D eigenvalue weighted by Crippen LogP contribution is 2.50. The Kier molecular flexibility index (Phi) is 6.81. The number of hydrogen-bond donors (Lipinski definition) is 1. The van der Waals surface area contributed by atoms with Gasteiger partial charge in [0.15, 0.2) is 5.96 Å². The van der Waals surface area contributed by atoms with Crippen LogP contribution in [0.5, 0.6) is 0 Å². The molecule has 2 N–H and O–H groups in total. The van der Waals surface area contributed by atoms with Crippen LogP contribution in [0, 0.1) is 23.2 Å². The fourth-order valence-electron chi connectivity index (χ4n) is 5.75. The lowest BCUT2D eigenvalue weighted by molar-refractivity contribution is -0.137. The molecule has 4 atom stereocenters. The molecule has 1 aromatic carbocycles. The van der Waals surface area contributed by atoms with E-state index in [0.717, 1.165) is 25.0 Å². The first-order valence-corrected chi connectivity index (χ1v) is 12.9. The predicted octanol–water partition coefficient (Wildman–Crippen LogP) is 2.70. The minimum Gasteiger partial charge on any atom is -0.369 e. The van der Waals surface area contributed by atoms with Crippen LogP contribution in [-0.4, -0.2) is 83.4 Å². The number of nitrogens with two attached hydrogens (primary N) is 1. The molecule has 34 heavy (non-hydrogen) atoms. The second-order valence-corrected chi connectivity index (χ2v) is 11.3. The second-order valence-electron chi connectivity index (χ2n) is 10.1. The molecule has 4 unspecified atom stereocenters. The van der Waals surface area contributed by atoms with Gasteiger partial charge in [0.1, 0.15) is 0 Å². The molecule has 0 spiro atoms. The largest absolute Gasteiger partial charge is 0.369 e. The van der Waals surface area contributed by atoms with Gasteiger partial charge in [-0.15, -0.1) is 0 Å². The molecule has 182 valence electrons. The van der Waals surface area contributed by atoms with Crippen LogP contribution >= 0.6 is 11.8 Å². The van der Waals surface area contributed by atoms with Crippen molar-refractivity contribution in [3.8, 4) is 6.07 Å². The van der Waals surface area contributed by atoms with Crippen molar-refractivity contribution < 1.29 is 9.59 Å². The van der Waals surface area contributed by atoms with Gasteiger partial charge in [-0.3, -0.25) is 9.69 Å². The number of thioether (sulfide) groups is 1. The first kappa shape index (κ1) is 24.4. The van der Waals surface area contributed by atoms with E-state index in [-0.39, 0.29) is 35.0 Å². The summed E-state index contributed by atoms with van der Waals surface area (Å²) in [5.41, 5.74) is 7.46. The Morgan fingerprint density at radius 3 is 2.68 bits per heavy atom. The van der Waals surface area contributed by atoms with Crippen molar-refractivity contribution in [1.29, 1.82) is 5.26 Å². The Labute approximate surface area is 206 Å². The van der Waals surface area contributed by atoms with Crippen LogP contribution in [0.25, 0.3) is 0 Å². The smallest absolute Gasteiger partial charge is 0.319 e. The second kappa shape index (κ2) is 9.49. The lowest BCUT2D eigenvalue weighted by Crippen LogP contribution is -2.61. The number of likely N-dealkylation sites (tertiary alicyclic amines) is 1. The number of piperidine rings is 1. The van der Waals surface area contributed by atoms with E-state index in [0.29, 0.717) is 24.6 Å². The van der Waals surface area contributed by atoms with Gasteiger partial charge in [-0.2, -0.15) is 17.0 Å². The van der Waals surface area contributed by atoms with Crippen LogP contribution in [0.15, 0.2) is 29.3 Å². The lowest BCUT2D eigenvalue weighted by Gasteiger charge is -2.48. The topological polar surface area (TPSA) is 106 Å². The van der Waals surface area contributed by atoms with E-state index in [4.69, 9.17) is 10.7 Å². The number of urea groups is 1. The summed E-state index contributed by atoms with van der Waals surface area (Å²) in [5, 5.41) is 9.44. The first-order valence-electron chi connectivity index (χ1n) is 11.9. The predicted molar refractivity (Wildman–Crippen MR) is 134 cm³/mol. The Bertz CT molecular complexity index is 1030. The van der Waals surface area contributed by atoms with Crippen molar-refractivity contribution in [2.24, 2.45) is 22.6 Å². The zero-order chi connectivity index (χ0) is 24.6. The third-order valence-electron chi connectivity index (χ3n) is 7.73. The fourth-order valence-corrected chi connectivity index (χ4v) is 7.45. The van der Waals surface area contributed by atoms with Crippen molar-refractivity contribution in [2.75, 3.05) is 40.0 Å². The SMILES string of the molecule is CN(C)C(=O)N1CCC(C2C(=O)N(C)C(N)=NC2(C)C2CC(c3cccc(C#N)c3)CS2)CC1. The molecule has 3 heterocycles. The molecule has 0 bridgehead atoms. The highest BCUT2D eigenvalue weighted by molar-refractivity contribution is 8.00. The van der Waals surface area contributed by atoms with E-state index < -0.39 is 5.54 Å². The maximum Gasteiger partial charge on any atom is 0.319 e. The van der Waals surface area contributed by atoms with Gasteiger partial charge in [0, 0.05) is 45.2 Å². The molecule has 9 heteroatoms. The number of carbonyl (C=O) groups excluding carboxylic acids is 2. The third kappa shape index (κ3) is 4.36. The maximum absolute atomic E-state index is 13.6. The molecule has 1 aromatic rings. The number of carbonyl (C=O) groups is 2. The van der Waals surface area contributed by atoms with Crippen LogP contribution in [0.3, 0.4) is 0 Å². The number of guanidine groups is 1. The highest BCUT2D eigenvalue weighted by Gasteiger charge is 2.55. The van der Waals surface area contributed by atoms with Crippen LogP contribution in [-0.2, 0) is 4.79 Å². The Morgan fingerprint density at radius 1 is 1.32 bits per heavy atom. The summed E-state index contributed by atoms with van der Waals surface area (Å²) in [6.45, 7) is 3.39. The van der Waals surface area contributed by atoms with E-state index in [1.165, 1.54) is 10.5 Å². The van der Waals surface area contributed by atoms with Gasteiger partial charge in [0.25, 0.3) is 0 Å². The number of nitriles is 1. The normalized spacial score (nSPS) is 30.1. The third-order valence-corrected chi connectivity index (χ3v) is 9.39. The quantitative estimate of drug-likeness (QED) is 0.713. The van der Waals surface area contributed by atoms with Crippen molar-refractivity contribution in [3.63, 3.8) is 0 Å². The average molecular weight is 483 g/mol. The summed E-state index contributed by atoms with van der Waals surface area (Å²) < 4.78 is 0. The summed E-state index contributed by atoms with van der Waals surface area (Å²) in [5.74, 6) is 1.42. The summed E-state index contributed by atoms with van der Waals surface area (Å²) in [4.78, 5) is 35.9. The molecular weight excluding hydrogens is 448 g/mol. The number of rotatable bonds is 3. The highest BCUT2D eigenvalue weighted by atomic mass is 32.2. The first-order chi connectivity index (χ1) is 16.2. The minimum absolute atomic E-state index is 0.0179. The van der Waals surface area contributed by atoms with Crippen LogP contribution in [0.1, 0.15) is 43.2 Å². The van der Waals surface area contributed by atoms with Gasteiger partial charge in [-0.25, -0.2) is 9.79 Å². The molecule has 8 nitrogen and oxygen atoms in total. The Balaban J connectivity index is 1.57. The average Bonchev–Trinajstić information content (AvgIpc) is 3.34. The van der Waals surface area contributed by atoms with E-state index in [2.05, 4.69) is 19.1 Å². The molecule has 2 saturated heterocycles. The molecule has 3 aliphatic heterocycles. The number of hydrogen-bond acceptors (Lipinski definition) is 6. The summed E-state index contributed by atoms with van der Waals surface area (Å²) >= 11 is 1.86. The molecule has 0 aliphatic carbocycles. The lowest BCUT2D eigenvalue weighted by atomic mass is 9.69. The van der Waals surface area contributed by atoms with Gasteiger partial charge in [0.05, 0.1) is 23.1 Å². The van der Waals surface area contributed by atoms with Gasteiger partial charge < -0.3 is 15.5 Å². The molecule has 4 rings (SSSR count). The molecule has 3 amide bonds. The van der Waals surface area contributed by atoms with Crippen LogP contribution in [0.2, 0.25) is 0 Å². The van der Waals surface area contributed by atoms with Crippen molar-refractivity contribution >= 4 is 29.7 Å². The fraction of sp³-hybridized carbons (Fsp3) is 0.600. The zero-order valence-electron chi connectivity index (χ0n) is 20.4. The zero-order valence-corrected chi connectivity index (χ0v) is 21.2. The standard InChI is InChI=1S/C25H34N6O2S/c1-25(20-13-19(15-34-20)18-7-5-6-16(12-18)14-26)21(22(32)30(4)23(27)28-25)17-8-10-31(11-9-17)24(33)29(2)3/h5-7,12,17,19-21H,8-11,13,15H2,1-4H3,(H2,27,28). The number of nitrogens with zero attached hydrogens (tertiary/aromatic N) is 5. The van der Waals surface area contributed by atoms with Gasteiger partial charge in [-0.05, 0) is 55.7 Å². The number of aliphatic imine (C=N–C) groups is 1. The maximum atomic E-state index is 13.6. The van der Waals surface area contributed by atoms with E-state index in [9.17, 15) is 14.9 Å². The van der Waals surface area contributed by atoms with Crippen molar-refractivity contribution in [3.05, 3.63) is 35.4 Å². The van der Waals surface area contributed by atoms with Gasteiger partial charge in [-0.1, -0.05) is 12.1 Å². The summed E-state index contributed by atoms with van der Waals surface area (Å²) in [7, 11) is 5.24. The molecule has 2 fully saturated rings. The van der Waals surface area contributed by atoms with E-state index in [1.807, 2.05) is 34.9 Å². The van der Waals surface area contributed by atoms with Gasteiger partial charge >= 0.3 is 6.03 Å². The Morgan fingerprint density at radius 2 is 2.03 bits per heavy atom. The summed E-state index contributed by atoms with van der Waals surface area (Å²) in [6.07, 6.45) is 2.44. The van der Waals surface area contributed by atoms with E-state index in [1.54, 1.807) is 26.0 Å². The Hall–Kier alpha value is -2.73. The van der Waals surface area contributed by atoms with E-state index >= 15 is 0 Å². The summed E-state index contributed by atoms with van der Waals surface area (Å²) in [6, 6.07) is 10.1. The minimum atomic E-state index is -0.613. The van der Waals surface area contributed by atoms with Crippen LogP contribution in [0.4, 0.5) is 4.79 Å². The molecule has 0 saturated carbocycles.